The number of aromatic nitrogens is 2. The van der Waals surface area contributed by atoms with Gasteiger partial charge in [-0.1, -0.05) is 13.2 Å². The highest BCUT2D eigenvalue weighted by molar-refractivity contribution is 5.77. The van der Waals surface area contributed by atoms with Crippen LogP contribution in [0.1, 0.15) is 32.1 Å². The Balaban J connectivity index is 1.41. The van der Waals surface area contributed by atoms with E-state index in [2.05, 4.69) is 39.1 Å². The second-order valence-electron chi connectivity index (χ2n) is 8.05. The van der Waals surface area contributed by atoms with Crippen molar-refractivity contribution in [1.29, 1.82) is 0 Å². The minimum absolute atomic E-state index is 0.0644. The van der Waals surface area contributed by atoms with Crippen LogP contribution in [-0.2, 0) is 4.79 Å². The fraction of sp³-hybridized carbons (Fsp3) is 0.550. The number of nitrogens with zero attached hydrogens (tertiary/aromatic N) is 4. The van der Waals surface area contributed by atoms with Gasteiger partial charge < -0.3 is 31.5 Å². The van der Waals surface area contributed by atoms with Gasteiger partial charge in [-0.2, -0.15) is 0 Å². The summed E-state index contributed by atoms with van der Waals surface area (Å²) in [6.45, 7) is 10.4. The first-order valence-corrected chi connectivity index (χ1v) is 10.0. The maximum atomic E-state index is 12.6. The smallest absolute Gasteiger partial charge is 0.222 e. The molecule has 0 bridgehead atoms. The fourth-order valence-corrected chi connectivity index (χ4v) is 3.85. The number of nitrogens with two attached hydrogens (primary N) is 1. The van der Waals surface area contributed by atoms with Gasteiger partial charge in [0.2, 0.25) is 5.91 Å². The van der Waals surface area contributed by atoms with Crippen LogP contribution < -0.4 is 26.6 Å². The van der Waals surface area contributed by atoms with Gasteiger partial charge in [0.15, 0.2) is 11.6 Å². The summed E-state index contributed by atoms with van der Waals surface area (Å²) < 4.78 is 0. The molecule has 1 amide bonds. The molecule has 0 radical (unpaired) electrons. The Bertz CT molecular complexity index is 783. The van der Waals surface area contributed by atoms with E-state index in [4.69, 9.17) is 5.73 Å². The fourth-order valence-electron chi connectivity index (χ4n) is 3.85. The molecule has 2 fully saturated rings. The highest BCUT2D eigenvalue weighted by Gasteiger charge is 2.39. The number of allylic oxidation sites excluding steroid dienone is 1. The number of likely N-dealkylation sites (tertiary alicyclic amines) is 1. The van der Waals surface area contributed by atoms with Crippen molar-refractivity contribution < 1.29 is 4.79 Å². The molecule has 5 N–H and O–H groups in total. The van der Waals surface area contributed by atoms with Crippen molar-refractivity contribution in [2.24, 2.45) is 0 Å². The number of hydrogen-bond acceptors (Lipinski definition) is 8. The monoisotopic (exact) mass is 400 g/mol. The van der Waals surface area contributed by atoms with Crippen molar-refractivity contribution in [2.45, 2.75) is 37.6 Å². The number of rotatable bonds is 7. The van der Waals surface area contributed by atoms with Crippen LogP contribution >= 0.6 is 0 Å². The van der Waals surface area contributed by atoms with Gasteiger partial charge in [0.05, 0.1) is 11.4 Å². The van der Waals surface area contributed by atoms with Gasteiger partial charge in [-0.25, -0.2) is 9.97 Å². The quantitative estimate of drug-likeness (QED) is 0.541. The largest absolute Gasteiger partial charge is 0.393 e. The molecule has 0 unspecified atom stereocenters. The lowest BCUT2D eigenvalue weighted by Gasteiger charge is -2.39. The molecule has 9 nitrogen and oxygen atoms in total. The molecular formula is C20H32N8O. The van der Waals surface area contributed by atoms with Gasteiger partial charge in [-0.15, -0.1) is 0 Å². The normalized spacial score (nSPS) is 17.6. The van der Waals surface area contributed by atoms with E-state index >= 15 is 0 Å². The summed E-state index contributed by atoms with van der Waals surface area (Å²) in [4.78, 5) is 24.7. The van der Waals surface area contributed by atoms with E-state index in [1.807, 2.05) is 23.9 Å². The van der Waals surface area contributed by atoms with E-state index in [-0.39, 0.29) is 11.4 Å². The zero-order valence-corrected chi connectivity index (χ0v) is 17.4. The molecule has 2 aliphatic heterocycles. The van der Waals surface area contributed by atoms with Gasteiger partial charge in [0.1, 0.15) is 12.0 Å². The van der Waals surface area contributed by atoms with E-state index in [0.717, 1.165) is 50.4 Å². The molecule has 1 aromatic rings. The van der Waals surface area contributed by atoms with Crippen molar-refractivity contribution in [3.8, 4) is 0 Å². The minimum atomic E-state index is 0.0644. The van der Waals surface area contributed by atoms with Crippen LogP contribution in [0.5, 0.6) is 0 Å². The first kappa shape index (κ1) is 20.8. The van der Waals surface area contributed by atoms with Crippen molar-refractivity contribution in [3.05, 3.63) is 31.0 Å². The second kappa shape index (κ2) is 8.59. The average molecular weight is 401 g/mol. The molecule has 29 heavy (non-hydrogen) atoms. The predicted molar refractivity (Wildman–Crippen MR) is 116 cm³/mol. The number of nitrogens with one attached hydrogen (secondary N) is 3. The summed E-state index contributed by atoms with van der Waals surface area (Å²) in [6.07, 6.45) is 5.27. The number of carbonyl (C=O) groups is 1. The molecule has 158 valence electrons. The van der Waals surface area contributed by atoms with E-state index in [0.29, 0.717) is 30.2 Å². The maximum absolute atomic E-state index is 12.6. The molecule has 0 aromatic carbocycles. The highest BCUT2D eigenvalue weighted by atomic mass is 16.2. The molecule has 3 heterocycles. The van der Waals surface area contributed by atoms with Gasteiger partial charge >= 0.3 is 0 Å². The summed E-state index contributed by atoms with van der Waals surface area (Å²) >= 11 is 0. The Morgan fingerprint density at radius 1 is 1.34 bits per heavy atom. The van der Waals surface area contributed by atoms with Crippen LogP contribution in [0.4, 0.5) is 17.3 Å². The summed E-state index contributed by atoms with van der Waals surface area (Å²) in [7, 11) is 3.75. The zero-order chi connectivity index (χ0) is 21.0. The van der Waals surface area contributed by atoms with Crippen LogP contribution in [-0.4, -0.2) is 60.0 Å². The number of amides is 1. The third-order valence-corrected chi connectivity index (χ3v) is 5.58. The highest BCUT2D eigenvalue weighted by Crippen LogP contribution is 2.27. The van der Waals surface area contributed by atoms with Crippen LogP contribution in [0.25, 0.3) is 0 Å². The summed E-state index contributed by atoms with van der Waals surface area (Å²) in [5.74, 6) is 2.29. The van der Waals surface area contributed by atoms with Gasteiger partial charge in [-0.05, 0) is 25.7 Å². The van der Waals surface area contributed by atoms with E-state index in [1.165, 1.54) is 6.33 Å². The van der Waals surface area contributed by atoms with Crippen LogP contribution in [0, 0.1) is 0 Å². The number of nitrogen functional groups attached to an aromatic ring is 1. The van der Waals surface area contributed by atoms with Crippen molar-refractivity contribution in [1.82, 2.24) is 25.5 Å². The molecule has 3 rings (SSSR count). The third kappa shape index (κ3) is 4.90. The first-order chi connectivity index (χ1) is 13.8. The minimum Gasteiger partial charge on any atom is -0.393 e. The second-order valence-corrected chi connectivity index (χ2v) is 8.05. The molecule has 2 saturated heterocycles. The van der Waals surface area contributed by atoms with Crippen molar-refractivity contribution >= 4 is 23.2 Å². The Morgan fingerprint density at radius 3 is 2.69 bits per heavy atom. The van der Waals surface area contributed by atoms with Gasteiger partial charge in [0.25, 0.3) is 0 Å². The average Bonchev–Trinajstić information content (AvgIpc) is 3.03. The van der Waals surface area contributed by atoms with Crippen LogP contribution in [0.3, 0.4) is 0 Å². The lowest BCUT2D eigenvalue weighted by Crippen LogP contribution is -2.53. The molecule has 0 saturated carbocycles. The summed E-state index contributed by atoms with van der Waals surface area (Å²) in [6, 6.07) is 0. The van der Waals surface area contributed by atoms with Gasteiger partial charge in [-0.3, -0.25) is 4.79 Å². The van der Waals surface area contributed by atoms with Crippen LogP contribution in [0.15, 0.2) is 31.0 Å². The van der Waals surface area contributed by atoms with E-state index < -0.39 is 0 Å². The Hall–Kier alpha value is -2.97. The number of piperidine rings is 1. The predicted octanol–water partition coefficient (Wildman–Crippen LogP) is 1.25. The van der Waals surface area contributed by atoms with Crippen molar-refractivity contribution in [3.63, 3.8) is 0 Å². The molecule has 0 aliphatic carbocycles. The number of anilines is 3. The Labute approximate surface area is 172 Å². The SMILES string of the molecule is C=C(CCCC(=O)N1CCC2(CC1)CNC(=C)N2)Nc1ncnc(N(C)C)c1N. The summed E-state index contributed by atoms with van der Waals surface area (Å²) in [5, 5.41) is 9.85. The topological polar surface area (TPSA) is 111 Å². The van der Waals surface area contributed by atoms with E-state index in [9.17, 15) is 4.79 Å². The Kier molecular flexibility index (Phi) is 6.14. The molecule has 9 heteroatoms. The zero-order valence-electron chi connectivity index (χ0n) is 17.4. The first-order valence-electron chi connectivity index (χ1n) is 10.0. The number of carbonyl (C=O) groups excluding carboxylic acids is 1. The third-order valence-electron chi connectivity index (χ3n) is 5.58. The van der Waals surface area contributed by atoms with Gasteiger partial charge in [0, 0.05) is 45.8 Å². The lowest BCUT2D eigenvalue weighted by molar-refractivity contribution is -0.132. The van der Waals surface area contributed by atoms with Crippen LogP contribution in [0.2, 0.25) is 0 Å². The van der Waals surface area contributed by atoms with Crippen molar-refractivity contribution in [2.75, 3.05) is 49.7 Å². The van der Waals surface area contributed by atoms with E-state index in [1.54, 1.807) is 0 Å². The maximum Gasteiger partial charge on any atom is 0.222 e. The molecule has 1 aromatic heterocycles. The molecule has 2 aliphatic rings. The Morgan fingerprint density at radius 2 is 2.07 bits per heavy atom. The standard InChI is InChI=1S/C20H32N8O/c1-14(25-18-17(21)19(27(3)4)24-13-23-18)6-5-7-16(29)28-10-8-20(9-11-28)12-22-15(2)26-20/h13,22,26H,1-2,5-12,21H2,3-4H3,(H,23,24,25). The lowest BCUT2D eigenvalue weighted by atomic mass is 9.88. The summed E-state index contributed by atoms with van der Waals surface area (Å²) in [5.41, 5.74) is 7.45. The molecule has 1 spiro atoms. The number of hydrogen-bond donors (Lipinski definition) is 4. The molecule has 0 atom stereocenters. The molecular weight excluding hydrogens is 368 g/mol.